The first-order chi connectivity index (χ1) is 13.1. The Morgan fingerprint density at radius 1 is 1.15 bits per heavy atom. The van der Waals surface area contributed by atoms with Crippen molar-refractivity contribution < 1.29 is 0 Å². The number of hydrogen-bond acceptors (Lipinski definition) is 5. The lowest BCUT2D eigenvalue weighted by Crippen LogP contribution is -1.91. The van der Waals surface area contributed by atoms with Crippen LogP contribution in [0.5, 0.6) is 0 Å². The number of nitrogens with zero attached hydrogens (tertiary/aromatic N) is 3. The second-order valence-corrected chi connectivity index (χ2v) is 8.23. The molecular formula is C20H14IN5S. The van der Waals surface area contributed by atoms with E-state index in [1.807, 2.05) is 12.1 Å². The molecule has 4 rings (SSSR count). The zero-order valence-corrected chi connectivity index (χ0v) is 17.3. The number of nitrogen functional groups attached to an aromatic ring is 1. The van der Waals surface area contributed by atoms with E-state index in [2.05, 4.69) is 69.0 Å². The van der Waals surface area contributed by atoms with Crippen molar-refractivity contribution in [3.05, 3.63) is 63.5 Å². The lowest BCUT2D eigenvalue weighted by molar-refractivity contribution is 1.10. The summed E-state index contributed by atoms with van der Waals surface area (Å²) < 4.78 is 1.10. The first-order valence-corrected chi connectivity index (χ1v) is 10.0. The molecular weight excluding hydrogens is 469 g/mol. The number of aromatic nitrogens is 3. The van der Waals surface area contributed by atoms with E-state index < -0.39 is 0 Å². The third-order valence-electron chi connectivity index (χ3n) is 4.20. The van der Waals surface area contributed by atoms with Crippen LogP contribution in [0.15, 0.2) is 48.8 Å². The average Bonchev–Trinajstić information content (AvgIpc) is 3.29. The second-order valence-electron chi connectivity index (χ2n) is 6.05. The molecule has 0 aliphatic carbocycles. The van der Waals surface area contributed by atoms with Gasteiger partial charge in [-0.1, -0.05) is 17.7 Å². The van der Waals surface area contributed by atoms with Gasteiger partial charge in [0.25, 0.3) is 0 Å². The molecule has 0 aliphatic heterocycles. The van der Waals surface area contributed by atoms with Gasteiger partial charge in [-0.3, -0.25) is 5.10 Å². The highest BCUT2D eigenvalue weighted by Gasteiger charge is 2.24. The number of H-pyrrole nitrogens is 1. The Labute approximate surface area is 174 Å². The summed E-state index contributed by atoms with van der Waals surface area (Å²) in [5.41, 5.74) is 11.4. The second kappa shape index (κ2) is 7.13. The Kier molecular flexibility index (Phi) is 4.68. The van der Waals surface area contributed by atoms with Crippen molar-refractivity contribution in [1.82, 2.24) is 15.2 Å². The lowest BCUT2D eigenvalue weighted by Gasteiger charge is -2.08. The number of benzene rings is 1. The van der Waals surface area contributed by atoms with Crippen LogP contribution in [0.2, 0.25) is 0 Å². The normalized spacial score (nSPS) is 10.7. The minimum atomic E-state index is 0.430. The first kappa shape index (κ1) is 17.7. The average molecular weight is 483 g/mol. The van der Waals surface area contributed by atoms with Gasteiger partial charge in [0.2, 0.25) is 0 Å². The number of pyridine rings is 1. The molecule has 0 fully saturated rings. The maximum atomic E-state index is 10.0. The molecule has 132 valence electrons. The molecule has 0 bridgehead atoms. The summed E-state index contributed by atoms with van der Waals surface area (Å²) in [6.07, 6.45) is 3.38. The number of rotatable bonds is 3. The third-order valence-corrected chi connectivity index (χ3v) is 6.37. The summed E-state index contributed by atoms with van der Waals surface area (Å²) >= 11 is 3.88. The number of halogens is 1. The molecule has 0 saturated carbocycles. The van der Waals surface area contributed by atoms with Gasteiger partial charge in [-0.25, -0.2) is 4.98 Å². The van der Waals surface area contributed by atoms with E-state index in [0.29, 0.717) is 11.4 Å². The molecule has 5 nitrogen and oxygen atoms in total. The van der Waals surface area contributed by atoms with E-state index in [0.717, 1.165) is 35.7 Å². The maximum absolute atomic E-state index is 10.0. The predicted octanol–water partition coefficient (Wildman–Crippen LogP) is 5.23. The number of aromatic amines is 1. The Morgan fingerprint density at radius 3 is 2.67 bits per heavy atom. The molecule has 0 atom stereocenters. The van der Waals surface area contributed by atoms with Gasteiger partial charge in [0.15, 0.2) is 0 Å². The number of nitrogens with one attached hydrogen (secondary N) is 1. The highest BCUT2D eigenvalue weighted by Crippen LogP contribution is 2.47. The fraction of sp³-hybridized carbons (Fsp3) is 0.0500. The van der Waals surface area contributed by atoms with Crippen LogP contribution in [0.4, 0.5) is 5.82 Å². The minimum Gasteiger partial charge on any atom is -0.384 e. The van der Waals surface area contributed by atoms with Crippen molar-refractivity contribution in [3.63, 3.8) is 0 Å². The maximum Gasteiger partial charge on any atom is 0.123 e. The number of aryl methyl sites for hydroxylation is 1. The van der Waals surface area contributed by atoms with Crippen LogP contribution in [0, 0.1) is 21.8 Å². The quantitative estimate of drug-likeness (QED) is 0.390. The van der Waals surface area contributed by atoms with Crippen molar-refractivity contribution in [2.75, 3.05) is 5.73 Å². The molecule has 3 aromatic heterocycles. The zero-order valence-electron chi connectivity index (χ0n) is 14.3. The molecule has 0 amide bonds. The summed E-state index contributed by atoms with van der Waals surface area (Å²) in [4.78, 5) is 5.92. The predicted molar refractivity (Wildman–Crippen MR) is 117 cm³/mol. The van der Waals surface area contributed by atoms with Gasteiger partial charge in [-0.15, -0.1) is 11.3 Å². The minimum absolute atomic E-state index is 0.430. The van der Waals surface area contributed by atoms with E-state index in [1.165, 1.54) is 5.56 Å². The van der Waals surface area contributed by atoms with Gasteiger partial charge in [0, 0.05) is 21.5 Å². The van der Waals surface area contributed by atoms with Crippen molar-refractivity contribution in [2.24, 2.45) is 0 Å². The first-order valence-electron chi connectivity index (χ1n) is 8.13. The van der Waals surface area contributed by atoms with Crippen LogP contribution >= 0.6 is 33.9 Å². The molecule has 3 N–H and O–H groups in total. The van der Waals surface area contributed by atoms with Crippen LogP contribution in [-0.4, -0.2) is 15.2 Å². The monoisotopic (exact) mass is 483 g/mol. The van der Waals surface area contributed by atoms with Crippen LogP contribution in [0.1, 0.15) is 11.1 Å². The summed E-state index contributed by atoms with van der Waals surface area (Å²) in [6, 6.07) is 14.3. The smallest absolute Gasteiger partial charge is 0.123 e. The molecule has 1 aromatic carbocycles. The highest BCUT2D eigenvalue weighted by atomic mass is 127. The molecule has 0 aliphatic rings. The Morgan fingerprint density at radius 2 is 2.00 bits per heavy atom. The summed E-state index contributed by atoms with van der Waals surface area (Å²) in [7, 11) is 0. The summed E-state index contributed by atoms with van der Waals surface area (Å²) in [6.45, 7) is 2.06. The van der Waals surface area contributed by atoms with E-state index in [1.54, 1.807) is 29.8 Å². The number of nitrogens with two attached hydrogens (primary N) is 1. The Hall–Kier alpha value is -2.70. The van der Waals surface area contributed by atoms with Crippen LogP contribution in [-0.2, 0) is 0 Å². The van der Waals surface area contributed by atoms with Crippen molar-refractivity contribution in [1.29, 1.82) is 5.26 Å². The Bertz CT molecular complexity index is 1170. The number of anilines is 1. The van der Waals surface area contributed by atoms with Gasteiger partial charge in [0.1, 0.15) is 11.9 Å². The number of hydrogen-bond donors (Lipinski definition) is 2. The van der Waals surface area contributed by atoms with Crippen LogP contribution < -0.4 is 5.73 Å². The van der Waals surface area contributed by atoms with E-state index in [9.17, 15) is 5.26 Å². The summed E-state index contributed by atoms with van der Waals surface area (Å²) in [5, 5.41) is 17.2. The molecule has 27 heavy (non-hydrogen) atoms. The topological polar surface area (TPSA) is 91.4 Å². The van der Waals surface area contributed by atoms with Gasteiger partial charge < -0.3 is 5.73 Å². The molecule has 0 radical (unpaired) electrons. The SMILES string of the molecule is Cc1ccc(-c2c(-c3ccn[nH]3)sc(-c3ccnc(N)c3)c2C#N)c(I)c1. The fourth-order valence-electron chi connectivity index (χ4n) is 2.98. The standard InChI is InChI=1S/C20H14IN5S/c1-11-2-3-13(15(21)8-11)18-14(10-22)19(12-4-6-24-17(23)9-12)27-20(18)16-5-7-25-26-16/h2-9H,1H3,(H2,23,24)(H,25,26). The van der Waals surface area contributed by atoms with Gasteiger partial charge >= 0.3 is 0 Å². The molecule has 0 saturated heterocycles. The van der Waals surface area contributed by atoms with Gasteiger partial charge in [0.05, 0.1) is 21.0 Å². The van der Waals surface area contributed by atoms with Crippen molar-refractivity contribution in [3.8, 4) is 38.2 Å². The molecule has 0 spiro atoms. The lowest BCUT2D eigenvalue weighted by atomic mass is 9.97. The van der Waals surface area contributed by atoms with Crippen molar-refractivity contribution >= 4 is 39.7 Å². The van der Waals surface area contributed by atoms with Gasteiger partial charge in [-0.2, -0.15) is 10.4 Å². The van der Waals surface area contributed by atoms with E-state index in [-0.39, 0.29) is 0 Å². The summed E-state index contributed by atoms with van der Waals surface area (Å²) in [5.74, 6) is 0.430. The highest BCUT2D eigenvalue weighted by molar-refractivity contribution is 14.1. The number of thiophene rings is 1. The van der Waals surface area contributed by atoms with Crippen molar-refractivity contribution in [2.45, 2.75) is 6.92 Å². The molecule has 7 heteroatoms. The zero-order chi connectivity index (χ0) is 19.0. The largest absolute Gasteiger partial charge is 0.384 e. The van der Waals surface area contributed by atoms with Gasteiger partial charge in [-0.05, 0) is 64.9 Å². The van der Waals surface area contributed by atoms with E-state index >= 15 is 0 Å². The van der Waals surface area contributed by atoms with Crippen LogP contribution in [0.3, 0.4) is 0 Å². The molecule has 3 heterocycles. The fourth-order valence-corrected chi connectivity index (χ4v) is 5.16. The van der Waals surface area contributed by atoms with E-state index in [4.69, 9.17) is 5.73 Å². The molecule has 4 aromatic rings. The Balaban J connectivity index is 2.06. The van der Waals surface area contributed by atoms with Crippen LogP contribution in [0.25, 0.3) is 32.1 Å². The third kappa shape index (κ3) is 3.22. The number of nitriles is 1. The molecule has 0 unspecified atom stereocenters.